The predicted octanol–water partition coefficient (Wildman–Crippen LogP) is 3.09. The Labute approximate surface area is 119 Å². The van der Waals surface area contributed by atoms with Gasteiger partial charge in [-0.1, -0.05) is 26.0 Å². The van der Waals surface area contributed by atoms with E-state index in [1.54, 1.807) is 12.1 Å². The molecule has 0 aliphatic heterocycles. The van der Waals surface area contributed by atoms with Gasteiger partial charge < -0.3 is 9.52 Å². The molecule has 5 nitrogen and oxygen atoms in total. The lowest BCUT2D eigenvalue weighted by atomic mass is 10.1. The number of phenols is 1. The first kappa shape index (κ1) is 14.5. The summed E-state index contributed by atoms with van der Waals surface area (Å²) in [5.74, 6) is 1.80. The molecule has 0 saturated carbocycles. The van der Waals surface area contributed by atoms with Crippen molar-refractivity contribution < 1.29 is 9.52 Å². The summed E-state index contributed by atoms with van der Waals surface area (Å²) < 4.78 is 5.61. The molecule has 0 unspecified atom stereocenters. The summed E-state index contributed by atoms with van der Waals surface area (Å²) in [6, 6.07) is 7.43. The Hall–Kier alpha value is -1.88. The van der Waals surface area contributed by atoms with Gasteiger partial charge in [-0.3, -0.25) is 4.90 Å². The van der Waals surface area contributed by atoms with Crippen molar-refractivity contribution in [3.63, 3.8) is 0 Å². The summed E-state index contributed by atoms with van der Waals surface area (Å²) in [6.45, 7) is 6.71. The first-order chi connectivity index (χ1) is 9.47. The fourth-order valence-corrected chi connectivity index (χ4v) is 1.95. The van der Waals surface area contributed by atoms with Crippen LogP contribution in [-0.4, -0.2) is 27.3 Å². The van der Waals surface area contributed by atoms with Crippen molar-refractivity contribution in [2.75, 3.05) is 7.05 Å². The van der Waals surface area contributed by atoms with Gasteiger partial charge in [0.25, 0.3) is 0 Å². The van der Waals surface area contributed by atoms with E-state index >= 15 is 0 Å². The van der Waals surface area contributed by atoms with Gasteiger partial charge in [0, 0.05) is 12.0 Å². The van der Waals surface area contributed by atoms with Gasteiger partial charge in [0.2, 0.25) is 11.8 Å². The van der Waals surface area contributed by atoms with Crippen LogP contribution in [0.1, 0.15) is 50.1 Å². The van der Waals surface area contributed by atoms with Gasteiger partial charge in [-0.25, -0.2) is 0 Å². The van der Waals surface area contributed by atoms with Crippen LogP contribution >= 0.6 is 0 Å². The third kappa shape index (κ3) is 3.36. The third-order valence-corrected chi connectivity index (χ3v) is 3.37. The monoisotopic (exact) mass is 275 g/mol. The predicted molar refractivity (Wildman–Crippen MR) is 76.4 cm³/mol. The second kappa shape index (κ2) is 6.05. The maximum Gasteiger partial charge on any atom is 0.230 e. The van der Waals surface area contributed by atoms with Gasteiger partial charge in [-0.15, -0.1) is 10.2 Å². The number of hydrogen-bond acceptors (Lipinski definition) is 5. The quantitative estimate of drug-likeness (QED) is 0.908. The van der Waals surface area contributed by atoms with Crippen LogP contribution in [0.25, 0.3) is 0 Å². The van der Waals surface area contributed by atoms with Crippen molar-refractivity contribution >= 4 is 0 Å². The molecule has 2 rings (SSSR count). The van der Waals surface area contributed by atoms with E-state index in [1.807, 2.05) is 33.0 Å². The van der Waals surface area contributed by atoms with Crippen LogP contribution in [0.4, 0.5) is 0 Å². The summed E-state index contributed by atoms with van der Waals surface area (Å²) in [5, 5.41) is 17.6. The molecule has 0 aliphatic rings. The minimum Gasteiger partial charge on any atom is -0.508 e. The normalized spacial score (nSPS) is 13.1. The molecule has 20 heavy (non-hydrogen) atoms. The Morgan fingerprint density at radius 1 is 1.25 bits per heavy atom. The highest BCUT2D eigenvalue weighted by atomic mass is 16.4. The summed E-state index contributed by atoms with van der Waals surface area (Å²) in [7, 11) is 1.99. The number of aromatic hydroxyl groups is 1. The van der Waals surface area contributed by atoms with Crippen LogP contribution in [0, 0.1) is 0 Å². The molecule has 0 amide bonds. The second-order valence-electron chi connectivity index (χ2n) is 5.37. The average Bonchev–Trinajstić information content (AvgIpc) is 2.86. The summed E-state index contributed by atoms with van der Waals surface area (Å²) in [6.07, 6.45) is 0. The van der Waals surface area contributed by atoms with Gasteiger partial charge in [-0.2, -0.15) is 0 Å². The van der Waals surface area contributed by atoms with Gasteiger partial charge in [0.1, 0.15) is 5.75 Å². The van der Waals surface area contributed by atoms with Crippen molar-refractivity contribution in [2.45, 2.75) is 39.3 Å². The Bertz CT molecular complexity index is 566. The molecule has 0 bridgehead atoms. The summed E-state index contributed by atoms with van der Waals surface area (Å²) in [4.78, 5) is 2.10. The topological polar surface area (TPSA) is 62.4 Å². The van der Waals surface area contributed by atoms with Crippen LogP contribution in [0.5, 0.6) is 5.75 Å². The standard InChI is InChI=1S/C15H21N3O2/c1-10(2)15-17-16-14(20-15)9-18(4)11(3)12-6-5-7-13(19)8-12/h5-8,10-11,19H,9H2,1-4H3/t11-/m1/s1. The Morgan fingerprint density at radius 2 is 2.00 bits per heavy atom. The molecule has 1 atom stereocenters. The van der Waals surface area contributed by atoms with Crippen molar-refractivity contribution in [1.29, 1.82) is 0 Å². The molecule has 0 saturated heterocycles. The minimum atomic E-state index is 0.150. The second-order valence-corrected chi connectivity index (χ2v) is 5.37. The third-order valence-electron chi connectivity index (χ3n) is 3.37. The first-order valence-electron chi connectivity index (χ1n) is 6.79. The van der Waals surface area contributed by atoms with Crippen molar-refractivity contribution in [2.24, 2.45) is 0 Å². The van der Waals surface area contributed by atoms with Crippen LogP contribution in [-0.2, 0) is 6.54 Å². The number of nitrogens with zero attached hydrogens (tertiary/aromatic N) is 3. The highest BCUT2D eigenvalue weighted by Crippen LogP contribution is 2.23. The number of aromatic nitrogens is 2. The Balaban J connectivity index is 2.05. The van der Waals surface area contributed by atoms with Gasteiger partial charge >= 0.3 is 0 Å². The zero-order valence-corrected chi connectivity index (χ0v) is 12.4. The van der Waals surface area contributed by atoms with Gasteiger partial charge in [0.15, 0.2) is 0 Å². The molecule has 5 heteroatoms. The summed E-state index contributed by atoms with van der Waals surface area (Å²) in [5.41, 5.74) is 1.05. The number of benzene rings is 1. The molecule has 0 aliphatic carbocycles. The molecule has 1 aromatic carbocycles. The van der Waals surface area contributed by atoms with E-state index < -0.39 is 0 Å². The Kier molecular flexibility index (Phi) is 4.39. The Morgan fingerprint density at radius 3 is 2.60 bits per heavy atom. The van der Waals surface area contributed by atoms with Crippen LogP contribution < -0.4 is 0 Å². The SMILES string of the molecule is CC(C)c1nnc(CN(C)[C@H](C)c2cccc(O)c2)o1. The molecule has 108 valence electrons. The highest BCUT2D eigenvalue weighted by molar-refractivity contribution is 5.29. The number of hydrogen-bond donors (Lipinski definition) is 1. The maximum atomic E-state index is 9.54. The number of rotatable bonds is 5. The zero-order valence-electron chi connectivity index (χ0n) is 12.4. The molecule has 1 N–H and O–H groups in total. The lowest BCUT2D eigenvalue weighted by Crippen LogP contribution is -2.22. The molecular weight excluding hydrogens is 254 g/mol. The molecular formula is C15H21N3O2. The lowest BCUT2D eigenvalue weighted by Gasteiger charge is -2.23. The van der Waals surface area contributed by atoms with Crippen LogP contribution in [0.15, 0.2) is 28.7 Å². The van der Waals surface area contributed by atoms with Crippen molar-refractivity contribution in [3.8, 4) is 5.75 Å². The van der Waals surface area contributed by atoms with E-state index in [0.29, 0.717) is 18.3 Å². The minimum absolute atomic E-state index is 0.150. The lowest BCUT2D eigenvalue weighted by molar-refractivity contribution is 0.224. The van der Waals surface area contributed by atoms with E-state index in [1.165, 1.54) is 0 Å². The van der Waals surface area contributed by atoms with E-state index in [4.69, 9.17) is 4.42 Å². The average molecular weight is 275 g/mol. The smallest absolute Gasteiger partial charge is 0.230 e. The fraction of sp³-hybridized carbons (Fsp3) is 0.467. The largest absolute Gasteiger partial charge is 0.508 e. The van der Waals surface area contributed by atoms with Gasteiger partial charge in [0.05, 0.1) is 6.54 Å². The van der Waals surface area contributed by atoms with E-state index in [9.17, 15) is 5.11 Å². The fourth-order valence-electron chi connectivity index (χ4n) is 1.95. The van der Waals surface area contributed by atoms with Crippen LogP contribution in [0.3, 0.4) is 0 Å². The number of phenolic OH excluding ortho intramolecular Hbond substituents is 1. The summed E-state index contributed by atoms with van der Waals surface area (Å²) >= 11 is 0. The van der Waals surface area contributed by atoms with E-state index in [0.717, 1.165) is 5.56 Å². The molecule has 0 radical (unpaired) electrons. The molecule has 2 aromatic rings. The first-order valence-corrected chi connectivity index (χ1v) is 6.79. The van der Waals surface area contributed by atoms with E-state index in [2.05, 4.69) is 22.0 Å². The maximum absolute atomic E-state index is 9.54. The van der Waals surface area contributed by atoms with Crippen molar-refractivity contribution in [3.05, 3.63) is 41.6 Å². The molecule has 1 aromatic heterocycles. The van der Waals surface area contributed by atoms with Gasteiger partial charge in [-0.05, 0) is 31.7 Å². The molecule has 0 spiro atoms. The molecule has 0 fully saturated rings. The van der Waals surface area contributed by atoms with E-state index in [-0.39, 0.29) is 17.7 Å². The zero-order chi connectivity index (χ0) is 14.7. The highest BCUT2D eigenvalue weighted by Gasteiger charge is 2.16. The van der Waals surface area contributed by atoms with Crippen molar-refractivity contribution in [1.82, 2.24) is 15.1 Å². The van der Waals surface area contributed by atoms with Crippen LogP contribution in [0.2, 0.25) is 0 Å². The molecule has 1 heterocycles.